The monoisotopic (exact) mass is 392 g/mol. The van der Waals surface area contributed by atoms with Crippen LogP contribution in [0.5, 0.6) is 11.5 Å². The van der Waals surface area contributed by atoms with Crippen molar-refractivity contribution in [2.45, 2.75) is 43.1 Å². The third-order valence-corrected chi connectivity index (χ3v) is 3.95. The Balaban J connectivity index is 2.86. The van der Waals surface area contributed by atoms with E-state index in [0.29, 0.717) is 22.5 Å². The van der Waals surface area contributed by atoms with E-state index in [9.17, 15) is 15.0 Å². The maximum atomic E-state index is 12.5. The molecular formula is C15H21IO4. The predicted octanol–water partition coefficient (Wildman–Crippen LogP) is 3.68. The van der Waals surface area contributed by atoms with Crippen LogP contribution in [0.1, 0.15) is 44.0 Å². The third-order valence-electron chi connectivity index (χ3n) is 3.33. The molecule has 5 heteroatoms. The molecule has 0 fully saturated rings. The summed E-state index contributed by atoms with van der Waals surface area (Å²) in [4.78, 5) is 12.5. The lowest BCUT2D eigenvalue weighted by Crippen LogP contribution is -2.38. The fourth-order valence-corrected chi connectivity index (χ4v) is 2.00. The molecule has 0 aliphatic carbocycles. The summed E-state index contributed by atoms with van der Waals surface area (Å²) in [6.07, 6.45) is 1.42. The van der Waals surface area contributed by atoms with Gasteiger partial charge < -0.3 is 14.9 Å². The van der Waals surface area contributed by atoms with Crippen molar-refractivity contribution in [3.8, 4) is 11.5 Å². The minimum Gasteiger partial charge on any atom is -0.504 e. The zero-order valence-electron chi connectivity index (χ0n) is 12.0. The van der Waals surface area contributed by atoms with Crippen molar-refractivity contribution in [1.82, 2.24) is 0 Å². The average Bonchev–Trinajstić information content (AvgIpc) is 2.40. The van der Waals surface area contributed by atoms with E-state index in [1.165, 1.54) is 18.2 Å². The SMILES string of the molecule is CC[C@](C)(OCCC(C)I)C(=O)c1ccc(O)c(O)c1. The number of hydrogen-bond acceptors (Lipinski definition) is 4. The van der Waals surface area contributed by atoms with Gasteiger partial charge in [-0.25, -0.2) is 0 Å². The molecule has 0 saturated heterocycles. The summed E-state index contributed by atoms with van der Waals surface area (Å²) in [5.74, 6) is -0.717. The van der Waals surface area contributed by atoms with E-state index in [4.69, 9.17) is 4.74 Å². The molecule has 0 aliphatic heterocycles. The number of hydrogen-bond donors (Lipinski definition) is 2. The number of ketones is 1. The second-order valence-electron chi connectivity index (χ2n) is 5.03. The van der Waals surface area contributed by atoms with Crippen molar-refractivity contribution < 1.29 is 19.7 Å². The summed E-state index contributed by atoms with van der Waals surface area (Å²) in [7, 11) is 0. The molecule has 1 aromatic carbocycles. The largest absolute Gasteiger partial charge is 0.504 e. The molecule has 0 amide bonds. The van der Waals surface area contributed by atoms with Gasteiger partial charge in [0.15, 0.2) is 17.3 Å². The van der Waals surface area contributed by atoms with Gasteiger partial charge in [-0.3, -0.25) is 4.79 Å². The zero-order valence-corrected chi connectivity index (χ0v) is 14.2. The van der Waals surface area contributed by atoms with Gasteiger partial charge in [-0.05, 0) is 38.0 Å². The Morgan fingerprint density at radius 1 is 1.40 bits per heavy atom. The zero-order chi connectivity index (χ0) is 15.3. The van der Waals surface area contributed by atoms with Gasteiger partial charge in [-0.2, -0.15) is 0 Å². The highest BCUT2D eigenvalue weighted by Crippen LogP contribution is 2.29. The van der Waals surface area contributed by atoms with Crippen LogP contribution in [-0.4, -0.2) is 32.1 Å². The second kappa shape index (κ2) is 7.26. The molecule has 4 nitrogen and oxygen atoms in total. The number of halogens is 1. The third kappa shape index (κ3) is 4.34. The van der Waals surface area contributed by atoms with Crippen LogP contribution in [0.3, 0.4) is 0 Å². The number of rotatable bonds is 7. The lowest BCUT2D eigenvalue weighted by Gasteiger charge is -2.27. The van der Waals surface area contributed by atoms with Crippen molar-refractivity contribution >= 4 is 28.4 Å². The van der Waals surface area contributed by atoms with Gasteiger partial charge in [0.2, 0.25) is 0 Å². The Bertz CT molecular complexity index is 473. The Labute approximate surface area is 133 Å². The number of Topliss-reactive ketones (excluding diaryl/α,β-unsaturated/α-hetero) is 1. The number of phenols is 2. The number of alkyl halides is 1. The van der Waals surface area contributed by atoms with Crippen molar-refractivity contribution in [2.24, 2.45) is 0 Å². The molecular weight excluding hydrogens is 371 g/mol. The van der Waals surface area contributed by atoms with Crippen LogP contribution in [0.25, 0.3) is 0 Å². The number of aromatic hydroxyl groups is 2. The minimum atomic E-state index is -0.908. The summed E-state index contributed by atoms with van der Waals surface area (Å²) in [6, 6.07) is 4.08. The van der Waals surface area contributed by atoms with Crippen LogP contribution in [0.15, 0.2) is 18.2 Å². The normalized spacial score (nSPS) is 15.6. The van der Waals surface area contributed by atoms with Crippen molar-refractivity contribution in [2.75, 3.05) is 6.61 Å². The van der Waals surface area contributed by atoms with E-state index < -0.39 is 5.60 Å². The Morgan fingerprint density at radius 2 is 2.05 bits per heavy atom. The Morgan fingerprint density at radius 3 is 2.55 bits per heavy atom. The van der Waals surface area contributed by atoms with Gasteiger partial charge in [-0.1, -0.05) is 36.4 Å². The molecule has 0 spiro atoms. The molecule has 0 aromatic heterocycles. The lowest BCUT2D eigenvalue weighted by atomic mass is 9.91. The molecule has 0 aliphatic rings. The van der Waals surface area contributed by atoms with Gasteiger partial charge in [0.05, 0.1) is 0 Å². The van der Waals surface area contributed by atoms with Crippen LogP contribution in [0, 0.1) is 0 Å². The molecule has 0 heterocycles. The number of benzene rings is 1. The van der Waals surface area contributed by atoms with Crippen LogP contribution in [0.4, 0.5) is 0 Å². The Kier molecular flexibility index (Phi) is 6.26. The van der Waals surface area contributed by atoms with Gasteiger partial charge in [0.1, 0.15) is 5.60 Å². The first-order valence-corrected chi connectivity index (χ1v) is 7.89. The molecule has 0 radical (unpaired) electrons. The molecule has 1 unspecified atom stereocenters. The summed E-state index contributed by atoms with van der Waals surface area (Å²) in [5, 5.41) is 18.8. The van der Waals surface area contributed by atoms with E-state index in [1.807, 2.05) is 6.92 Å². The summed E-state index contributed by atoms with van der Waals surface area (Å²) >= 11 is 2.32. The molecule has 0 bridgehead atoms. The number of carbonyl (C=O) groups is 1. The van der Waals surface area contributed by atoms with Gasteiger partial charge in [0.25, 0.3) is 0 Å². The average molecular weight is 392 g/mol. The first-order chi connectivity index (χ1) is 9.30. The van der Waals surface area contributed by atoms with E-state index in [-0.39, 0.29) is 17.3 Å². The van der Waals surface area contributed by atoms with E-state index in [1.54, 1.807) is 6.92 Å². The summed E-state index contributed by atoms with van der Waals surface area (Å²) in [6.45, 7) is 6.26. The van der Waals surface area contributed by atoms with Gasteiger partial charge in [-0.15, -0.1) is 0 Å². The quantitative estimate of drug-likeness (QED) is 0.322. The predicted molar refractivity (Wildman–Crippen MR) is 86.8 cm³/mol. The van der Waals surface area contributed by atoms with E-state index in [2.05, 4.69) is 29.5 Å². The fraction of sp³-hybridized carbons (Fsp3) is 0.533. The topological polar surface area (TPSA) is 66.8 Å². The van der Waals surface area contributed by atoms with Gasteiger partial charge in [0, 0.05) is 16.1 Å². The van der Waals surface area contributed by atoms with Crippen molar-refractivity contribution in [3.05, 3.63) is 23.8 Å². The number of phenolic OH excluding ortho intramolecular Hbond substituents is 2. The standard InChI is InChI=1S/C15H21IO4/c1-4-15(3,20-8-7-10(2)16)14(19)11-5-6-12(17)13(18)9-11/h5-6,9-10,17-18H,4,7-8H2,1-3H3/t10?,15-/m0/s1. The van der Waals surface area contributed by atoms with Gasteiger partial charge >= 0.3 is 0 Å². The molecule has 0 saturated carbocycles. The number of ether oxygens (including phenoxy) is 1. The summed E-state index contributed by atoms with van der Waals surface area (Å²) < 4.78 is 6.26. The Hall–Kier alpha value is -0.820. The molecule has 2 atom stereocenters. The highest BCUT2D eigenvalue weighted by Gasteiger charge is 2.33. The molecule has 112 valence electrons. The smallest absolute Gasteiger partial charge is 0.194 e. The molecule has 1 aromatic rings. The first-order valence-electron chi connectivity index (χ1n) is 6.65. The van der Waals surface area contributed by atoms with Crippen LogP contribution < -0.4 is 0 Å². The van der Waals surface area contributed by atoms with Crippen LogP contribution in [-0.2, 0) is 4.74 Å². The van der Waals surface area contributed by atoms with Crippen molar-refractivity contribution in [1.29, 1.82) is 0 Å². The molecule has 1 rings (SSSR count). The maximum absolute atomic E-state index is 12.5. The lowest BCUT2D eigenvalue weighted by molar-refractivity contribution is -0.0176. The minimum absolute atomic E-state index is 0.184. The highest BCUT2D eigenvalue weighted by molar-refractivity contribution is 14.1. The fourth-order valence-electron chi connectivity index (χ4n) is 1.74. The van der Waals surface area contributed by atoms with Crippen molar-refractivity contribution in [3.63, 3.8) is 0 Å². The highest BCUT2D eigenvalue weighted by atomic mass is 127. The molecule has 2 N–H and O–H groups in total. The molecule has 20 heavy (non-hydrogen) atoms. The van der Waals surface area contributed by atoms with Crippen LogP contribution in [0.2, 0.25) is 0 Å². The summed E-state index contributed by atoms with van der Waals surface area (Å²) in [5.41, 5.74) is -0.568. The van der Waals surface area contributed by atoms with Crippen LogP contribution >= 0.6 is 22.6 Å². The van der Waals surface area contributed by atoms with E-state index >= 15 is 0 Å². The number of carbonyl (C=O) groups excluding carboxylic acids is 1. The maximum Gasteiger partial charge on any atom is 0.194 e. The first kappa shape index (κ1) is 17.2. The second-order valence-corrected chi connectivity index (χ2v) is 7.16. The van der Waals surface area contributed by atoms with E-state index in [0.717, 1.165) is 6.42 Å².